The number of rotatable bonds is 2. The Labute approximate surface area is 91.2 Å². The molecule has 1 aliphatic heterocycles. The molecule has 0 amide bonds. The maximum absolute atomic E-state index is 12.3. The summed E-state index contributed by atoms with van der Waals surface area (Å²) >= 11 is 0. The number of alkyl halides is 3. The molecular formula is C11H12F3NO. The van der Waals surface area contributed by atoms with Crippen LogP contribution in [-0.2, 0) is 10.9 Å². The lowest BCUT2D eigenvalue weighted by Gasteiger charge is -2.31. The SMILES string of the molecule is N[C@@H](c1ccc(C(F)(F)F)cc1)C1COC1. The Kier molecular flexibility index (Phi) is 2.90. The minimum atomic E-state index is -4.29. The van der Waals surface area contributed by atoms with Crippen molar-refractivity contribution >= 4 is 0 Å². The van der Waals surface area contributed by atoms with Gasteiger partial charge in [0, 0.05) is 12.0 Å². The van der Waals surface area contributed by atoms with Crippen LogP contribution in [-0.4, -0.2) is 13.2 Å². The molecule has 0 radical (unpaired) electrons. The van der Waals surface area contributed by atoms with Crippen LogP contribution < -0.4 is 5.73 Å². The Morgan fingerprint density at radius 3 is 2.12 bits per heavy atom. The molecule has 1 atom stereocenters. The number of hydrogen-bond donors (Lipinski definition) is 1. The Morgan fingerprint density at radius 2 is 1.75 bits per heavy atom. The monoisotopic (exact) mass is 231 g/mol. The first-order valence-corrected chi connectivity index (χ1v) is 4.99. The molecule has 1 heterocycles. The van der Waals surface area contributed by atoms with Gasteiger partial charge in [-0.25, -0.2) is 0 Å². The summed E-state index contributed by atoms with van der Waals surface area (Å²) in [7, 11) is 0. The number of ether oxygens (including phenoxy) is 1. The molecule has 0 aromatic heterocycles. The van der Waals surface area contributed by atoms with Crippen LogP contribution in [0.5, 0.6) is 0 Å². The molecule has 2 rings (SSSR count). The highest BCUT2D eigenvalue weighted by Gasteiger charge is 2.31. The van der Waals surface area contributed by atoms with Crippen molar-refractivity contribution in [2.24, 2.45) is 11.7 Å². The summed E-state index contributed by atoms with van der Waals surface area (Å²) in [5.41, 5.74) is 5.98. The molecular weight excluding hydrogens is 219 g/mol. The van der Waals surface area contributed by atoms with E-state index in [9.17, 15) is 13.2 Å². The zero-order chi connectivity index (χ0) is 11.8. The van der Waals surface area contributed by atoms with E-state index in [2.05, 4.69) is 0 Å². The highest BCUT2D eigenvalue weighted by Crippen LogP contribution is 2.31. The molecule has 1 aromatic rings. The summed E-state index contributed by atoms with van der Waals surface area (Å²) < 4.78 is 41.9. The third-order valence-electron chi connectivity index (χ3n) is 2.79. The van der Waals surface area contributed by atoms with Crippen molar-refractivity contribution in [2.45, 2.75) is 12.2 Å². The smallest absolute Gasteiger partial charge is 0.381 e. The van der Waals surface area contributed by atoms with Gasteiger partial charge in [-0.2, -0.15) is 13.2 Å². The first kappa shape index (κ1) is 11.4. The molecule has 0 unspecified atom stereocenters. The molecule has 1 aliphatic rings. The van der Waals surface area contributed by atoms with Gasteiger partial charge in [0.25, 0.3) is 0 Å². The second kappa shape index (κ2) is 4.07. The van der Waals surface area contributed by atoms with Gasteiger partial charge < -0.3 is 10.5 Å². The second-order valence-corrected chi connectivity index (χ2v) is 3.94. The molecule has 1 fully saturated rings. The van der Waals surface area contributed by atoms with Crippen molar-refractivity contribution in [3.8, 4) is 0 Å². The fourth-order valence-corrected chi connectivity index (χ4v) is 1.63. The van der Waals surface area contributed by atoms with Crippen molar-refractivity contribution in [3.63, 3.8) is 0 Å². The highest BCUT2D eigenvalue weighted by atomic mass is 19.4. The average Bonchev–Trinajstić information content (AvgIpc) is 2.14. The standard InChI is InChI=1S/C11H12F3NO/c12-11(13,14)9-3-1-7(2-4-9)10(15)8-5-16-6-8/h1-4,8,10H,5-6,15H2/t10-/m0/s1. The van der Waals surface area contributed by atoms with Gasteiger partial charge in [-0.1, -0.05) is 12.1 Å². The van der Waals surface area contributed by atoms with E-state index in [0.717, 1.165) is 17.7 Å². The van der Waals surface area contributed by atoms with E-state index in [4.69, 9.17) is 10.5 Å². The van der Waals surface area contributed by atoms with Crippen molar-refractivity contribution < 1.29 is 17.9 Å². The molecule has 0 spiro atoms. The summed E-state index contributed by atoms with van der Waals surface area (Å²) in [4.78, 5) is 0. The highest BCUT2D eigenvalue weighted by molar-refractivity contribution is 5.27. The summed E-state index contributed by atoms with van der Waals surface area (Å²) in [5.74, 6) is 0.219. The van der Waals surface area contributed by atoms with Crippen molar-refractivity contribution in [1.82, 2.24) is 0 Å². The van der Waals surface area contributed by atoms with Gasteiger partial charge in [0.15, 0.2) is 0 Å². The molecule has 16 heavy (non-hydrogen) atoms. The van der Waals surface area contributed by atoms with E-state index in [1.807, 2.05) is 0 Å². The maximum Gasteiger partial charge on any atom is 0.416 e. The minimum Gasteiger partial charge on any atom is -0.381 e. The largest absolute Gasteiger partial charge is 0.416 e. The quantitative estimate of drug-likeness (QED) is 0.847. The fraction of sp³-hybridized carbons (Fsp3) is 0.455. The number of hydrogen-bond acceptors (Lipinski definition) is 2. The summed E-state index contributed by atoms with van der Waals surface area (Å²) in [5, 5.41) is 0. The van der Waals surface area contributed by atoms with Crippen molar-refractivity contribution in [3.05, 3.63) is 35.4 Å². The van der Waals surface area contributed by atoms with E-state index < -0.39 is 11.7 Å². The predicted molar refractivity (Wildman–Crippen MR) is 52.7 cm³/mol. The number of benzene rings is 1. The van der Waals surface area contributed by atoms with Crippen LogP contribution in [0.1, 0.15) is 17.2 Å². The lowest BCUT2D eigenvalue weighted by atomic mass is 9.92. The molecule has 2 nitrogen and oxygen atoms in total. The minimum absolute atomic E-state index is 0.219. The second-order valence-electron chi connectivity index (χ2n) is 3.94. The van der Waals surface area contributed by atoms with E-state index in [1.165, 1.54) is 12.1 Å². The lowest BCUT2D eigenvalue weighted by Crippen LogP contribution is -2.37. The van der Waals surface area contributed by atoms with Gasteiger partial charge in [0.05, 0.1) is 18.8 Å². The maximum atomic E-state index is 12.3. The first-order chi connectivity index (χ1) is 7.48. The Morgan fingerprint density at radius 1 is 1.19 bits per heavy atom. The van der Waals surface area contributed by atoms with Crippen LogP contribution in [0.2, 0.25) is 0 Å². The molecule has 88 valence electrons. The van der Waals surface area contributed by atoms with Gasteiger partial charge in [0.2, 0.25) is 0 Å². The summed E-state index contributed by atoms with van der Waals surface area (Å²) in [6, 6.07) is 4.76. The van der Waals surface area contributed by atoms with Gasteiger partial charge >= 0.3 is 6.18 Å². The Balaban J connectivity index is 2.12. The average molecular weight is 231 g/mol. The molecule has 1 saturated heterocycles. The van der Waals surface area contributed by atoms with Gasteiger partial charge in [-0.15, -0.1) is 0 Å². The molecule has 0 aliphatic carbocycles. The zero-order valence-electron chi connectivity index (χ0n) is 8.50. The van der Waals surface area contributed by atoms with Crippen LogP contribution in [0.4, 0.5) is 13.2 Å². The topological polar surface area (TPSA) is 35.2 Å². The van der Waals surface area contributed by atoms with E-state index in [1.54, 1.807) is 0 Å². The fourth-order valence-electron chi connectivity index (χ4n) is 1.63. The number of nitrogens with two attached hydrogens (primary N) is 1. The van der Waals surface area contributed by atoms with Crippen molar-refractivity contribution in [2.75, 3.05) is 13.2 Å². The third-order valence-corrected chi connectivity index (χ3v) is 2.79. The predicted octanol–water partition coefficient (Wildman–Crippen LogP) is 2.35. The lowest BCUT2D eigenvalue weighted by molar-refractivity contribution is -0.137. The van der Waals surface area contributed by atoms with Crippen molar-refractivity contribution in [1.29, 1.82) is 0 Å². The molecule has 5 heteroatoms. The van der Waals surface area contributed by atoms with E-state index in [-0.39, 0.29) is 12.0 Å². The van der Waals surface area contributed by atoms with Crippen LogP contribution >= 0.6 is 0 Å². The Hall–Kier alpha value is -1.07. The van der Waals surface area contributed by atoms with Gasteiger partial charge in [0.1, 0.15) is 0 Å². The Bertz CT molecular complexity index is 356. The normalized spacial score (nSPS) is 19.2. The van der Waals surface area contributed by atoms with Gasteiger partial charge in [-0.05, 0) is 17.7 Å². The summed E-state index contributed by atoms with van der Waals surface area (Å²) in [6.45, 7) is 1.17. The molecule has 1 aromatic carbocycles. The summed E-state index contributed by atoms with van der Waals surface area (Å²) in [6.07, 6.45) is -4.29. The van der Waals surface area contributed by atoms with Gasteiger partial charge in [-0.3, -0.25) is 0 Å². The van der Waals surface area contributed by atoms with E-state index >= 15 is 0 Å². The molecule has 0 saturated carbocycles. The molecule has 0 bridgehead atoms. The molecule has 2 N–H and O–H groups in total. The van der Waals surface area contributed by atoms with E-state index in [0.29, 0.717) is 13.2 Å². The van der Waals surface area contributed by atoms with Crippen LogP contribution in [0.15, 0.2) is 24.3 Å². The third kappa shape index (κ3) is 2.20. The van der Waals surface area contributed by atoms with Crippen LogP contribution in [0.3, 0.4) is 0 Å². The first-order valence-electron chi connectivity index (χ1n) is 4.99. The number of halogens is 3. The van der Waals surface area contributed by atoms with Crippen LogP contribution in [0, 0.1) is 5.92 Å². The van der Waals surface area contributed by atoms with Crippen LogP contribution in [0.25, 0.3) is 0 Å². The zero-order valence-corrected chi connectivity index (χ0v) is 8.50.